The van der Waals surface area contributed by atoms with Crippen molar-refractivity contribution in [2.45, 2.75) is 84.7 Å². The first kappa shape index (κ1) is 33.1. The van der Waals surface area contributed by atoms with E-state index in [2.05, 4.69) is 11.9 Å². The van der Waals surface area contributed by atoms with Gasteiger partial charge < -0.3 is 29.0 Å². The molecular weight excluding hydrogens is 563 g/mol. The highest BCUT2D eigenvalue weighted by Crippen LogP contribution is 2.30. The maximum Gasteiger partial charge on any atom is 0.274 e. The topological polar surface area (TPSA) is 94.9 Å². The Hall–Kier alpha value is -3.76. The molecule has 1 atom stereocenters. The third-order valence-electron chi connectivity index (χ3n) is 7.89. The van der Waals surface area contributed by atoms with Crippen LogP contribution in [0.4, 0.5) is 10.2 Å². The molecule has 10 heteroatoms. The summed E-state index contributed by atoms with van der Waals surface area (Å²) >= 11 is 0. The molecule has 44 heavy (non-hydrogen) atoms. The third kappa shape index (κ3) is 8.89. The maximum absolute atomic E-state index is 14.2. The van der Waals surface area contributed by atoms with Crippen LogP contribution in [0, 0.1) is 5.82 Å². The number of nitrogens with zero attached hydrogens (tertiary/aromatic N) is 3. The Kier molecular flexibility index (Phi) is 12.3. The number of hydrogen-bond donors (Lipinski definition) is 1. The molecule has 4 rings (SSSR count). The van der Waals surface area contributed by atoms with Crippen LogP contribution in [0.15, 0.2) is 54.3 Å². The summed E-state index contributed by atoms with van der Waals surface area (Å²) in [6, 6.07) is 6.12. The quantitative estimate of drug-likeness (QED) is 0.102. The number of allylic oxidation sites excluding steroid dienone is 4. The zero-order chi connectivity index (χ0) is 31.5. The van der Waals surface area contributed by atoms with E-state index in [4.69, 9.17) is 19.2 Å². The van der Waals surface area contributed by atoms with Gasteiger partial charge in [0.1, 0.15) is 17.4 Å². The largest absolute Gasteiger partial charge is 0.491 e. The molecule has 1 N–H and O–H groups in total. The molecule has 1 saturated carbocycles. The lowest BCUT2D eigenvalue weighted by Crippen LogP contribution is -2.35. The summed E-state index contributed by atoms with van der Waals surface area (Å²) in [5.41, 5.74) is 2.71. The number of aromatic nitrogens is 2. The van der Waals surface area contributed by atoms with Gasteiger partial charge >= 0.3 is 0 Å². The molecule has 1 aromatic heterocycles. The van der Waals surface area contributed by atoms with Gasteiger partial charge in [-0.15, -0.1) is 0 Å². The standard InChI is InChI=1S/C34H45FN4O5/c1-5-38(19-9-21-43-30-12-6-7-20-42-30)34(41)31-32(36-23-40)37-33(39(31)22-26-14-16-27(35)17-15-26)29(24(2)3)18-13-25(4)44-28-10-8-11-28/h13-18,23,28,30H,4-12,19-22H2,1-3H3,(H,36,40)/b18-13-. The van der Waals surface area contributed by atoms with Crippen LogP contribution < -0.4 is 5.32 Å². The second kappa shape index (κ2) is 16.4. The lowest BCUT2D eigenvalue weighted by molar-refractivity contribution is -0.162. The van der Waals surface area contributed by atoms with Crippen LogP contribution in [0.1, 0.15) is 87.6 Å². The van der Waals surface area contributed by atoms with Crippen molar-refractivity contribution in [3.63, 3.8) is 0 Å². The molecule has 2 heterocycles. The summed E-state index contributed by atoms with van der Waals surface area (Å²) in [6.45, 7) is 12.2. The van der Waals surface area contributed by atoms with Gasteiger partial charge in [0.15, 0.2) is 17.8 Å². The number of carbonyl (C=O) groups is 2. The van der Waals surface area contributed by atoms with Crippen LogP contribution in [0.2, 0.25) is 0 Å². The molecule has 1 aliphatic heterocycles. The number of anilines is 1. The average molecular weight is 609 g/mol. The van der Waals surface area contributed by atoms with Gasteiger partial charge in [-0.25, -0.2) is 9.37 Å². The summed E-state index contributed by atoms with van der Waals surface area (Å²) in [5, 5.41) is 2.65. The van der Waals surface area contributed by atoms with E-state index < -0.39 is 0 Å². The van der Waals surface area contributed by atoms with Crippen molar-refractivity contribution in [1.29, 1.82) is 0 Å². The van der Waals surface area contributed by atoms with Crippen molar-refractivity contribution in [1.82, 2.24) is 14.5 Å². The number of carbonyl (C=O) groups excluding carboxylic acids is 2. The minimum atomic E-state index is -0.352. The Morgan fingerprint density at radius 3 is 2.57 bits per heavy atom. The molecule has 1 aromatic carbocycles. The number of amides is 2. The monoisotopic (exact) mass is 608 g/mol. The summed E-state index contributed by atoms with van der Waals surface area (Å²) < 4.78 is 33.0. The molecule has 2 amide bonds. The van der Waals surface area contributed by atoms with Crippen LogP contribution >= 0.6 is 0 Å². The van der Waals surface area contributed by atoms with Gasteiger partial charge in [-0.3, -0.25) is 9.59 Å². The minimum Gasteiger partial charge on any atom is -0.491 e. The number of hydrogen-bond acceptors (Lipinski definition) is 6. The fourth-order valence-electron chi connectivity index (χ4n) is 5.21. The van der Waals surface area contributed by atoms with Crippen molar-refractivity contribution >= 4 is 23.7 Å². The van der Waals surface area contributed by atoms with E-state index >= 15 is 0 Å². The zero-order valence-corrected chi connectivity index (χ0v) is 26.1. The van der Waals surface area contributed by atoms with E-state index in [0.29, 0.717) is 50.7 Å². The van der Waals surface area contributed by atoms with Gasteiger partial charge in [0.05, 0.1) is 12.7 Å². The maximum atomic E-state index is 14.2. The Morgan fingerprint density at radius 1 is 1.18 bits per heavy atom. The Balaban J connectivity index is 1.65. The first-order valence-corrected chi connectivity index (χ1v) is 15.6. The number of ether oxygens (including phenoxy) is 3. The van der Waals surface area contributed by atoms with Crippen molar-refractivity contribution in [2.75, 3.05) is 31.6 Å². The molecule has 2 fully saturated rings. The van der Waals surface area contributed by atoms with Crippen molar-refractivity contribution in [2.24, 2.45) is 0 Å². The molecule has 238 valence electrons. The van der Waals surface area contributed by atoms with Gasteiger partial charge in [-0.05, 0) is 95.6 Å². The lowest BCUT2D eigenvalue weighted by atomic mass is 9.96. The molecule has 0 bridgehead atoms. The third-order valence-corrected chi connectivity index (χ3v) is 7.89. The highest BCUT2D eigenvalue weighted by atomic mass is 19.1. The van der Waals surface area contributed by atoms with E-state index in [-0.39, 0.29) is 42.2 Å². The molecule has 1 unspecified atom stereocenters. The SMILES string of the molecule is C=C(/C=C\C(=C(C)C)c1nc(NC=O)c(C(=O)N(CC)CCCOC2CCCCO2)n1Cc1ccc(F)cc1)OC1CCC1. The Morgan fingerprint density at radius 2 is 1.95 bits per heavy atom. The van der Waals surface area contributed by atoms with Gasteiger partial charge in [-0.1, -0.05) is 24.3 Å². The normalized spacial score (nSPS) is 16.8. The Labute approximate surface area is 259 Å². The molecule has 2 aliphatic rings. The Bertz CT molecular complexity index is 1340. The first-order chi connectivity index (χ1) is 21.3. The van der Waals surface area contributed by atoms with E-state index in [1.807, 2.05) is 26.8 Å². The van der Waals surface area contributed by atoms with E-state index in [1.165, 1.54) is 12.1 Å². The molecular formula is C34H45FN4O5. The van der Waals surface area contributed by atoms with Crippen molar-refractivity contribution in [3.8, 4) is 0 Å². The second-order valence-electron chi connectivity index (χ2n) is 11.4. The van der Waals surface area contributed by atoms with Crippen LogP contribution in [-0.4, -0.2) is 65.5 Å². The summed E-state index contributed by atoms with van der Waals surface area (Å²) in [5.74, 6) is 0.565. The van der Waals surface area contributed by atoms with Crippen LogP contribution in [0.5, 0.6) is 0 Å². The summed E-state index contributed by atoms with van der Waals surface area (Å²) in [4.78, 5) is 32.4. The van der Waals surface area contributed by atoms with Crippen LogP contribution in [-0.2, 0) is 25.5 Å². The highest BCUT2D eigenvalue weighted by molar-refractivity contribution is 6.00. The van der Waals surface area contributed by atoms with Gasteiger partial charge in [0.25, 0.3) is 5.91 Å². The van der Waals surface area contributed by atoms with Gasteiger partial charge in [0.2, 0.25) is 6.41 Å². The van der Waals surface area contributed by atoms with E-state index in [1.54, 1.807) is 27.7 Å². The summed E-state index contributed by atoms with van der Waals surface area (Å²) in [6.07, 6.45) is 11.0. The second-order valence-corrected chi connectivity index (χ2v) is 11.4. The number of benzene rings is 1. The highest BCUT2D eigenvalue weighted by Gasteiger charge is 2.28. The average Bonchev–Trinajstić information content (AvgIpc) is 3.33. The fourth-order valence-corrected chi connectivity index (χ4v) is 5.21. The number of imidazole rings is 1. The van der Waals surface area contributed by atoms with Crippen molar-refractivity contribution in [3.05, 3.63) is 77.2 Å². The zero-order valence-electron chi connectivity index (χ0n) is 26.1. The first-order valence-electron chi connectivity index (χ1n) is 15.6. The molecule has 9 nitrogen and oxygen atoms in total. The van der Waals surface area contributed by atoms with Crippen molar-refractivity contribution < 1.29 is 28.2 Å². The van der Waals surface area contributed by atoms with Crippen LogP contribution in [0.3, 0.4) is 0 Å². The van der Waals surface area contributed by atoms with Gasteiger partial charge in [-0.2, -0.15) is 0 Å². The predicted octanol–water partition coefficient (Wildman–Crippen LogP) is 6.47. The molecule has 2 aromatic rings. The lowest BCUT2D eigenvalue weighted by Gasteiger charge is -2.26. The van der Waals surface area contributed by atoms with Crippen LogP contribution in [0.25, 0.3) is 5.57 Å². The number of halogens is 1. The minimum absolute atomic E-state index is 0.157. The predicted molar refractivity (Wildman–Crippen MR) is 168 cm³/mol. The molecule has 1 aliphatic carbocycles. The van der Waals surface area contributed by atoms with Gasteiger partial charge in [0, 0.05) is 31.8 Å². The molecule has 0 spiro atoms. The number of rotatable bonds is 16. The fraction of sp³-hybridized carbons (Fsp3) is 0.500. The molecule has 0 radical (unpaired) electrons. The smallest absolute Gasteiger partial charge is 0.274 e. The number of nitrogens with one attached hydrogen (secondary N) is 1. The van der Waals surface area contributed by atoms with E-state index in [9.17, 15) is 14.0 Å². The molecule has 1 saturated heterocycles. The summed E-state index contributed by atoms with van der Waals surface area (Å²) in [7, 11) is 0. The van der Waals surface area contributed by atoms with E-state index in [0.717, 1.165) is 55.2 Å².